The molecule has 1 atom stereocenters. The van der Waals surface area contributed by atoms with Gasteiger partial charge in [-0.1, -0.05) is 17.7 Å². The van der Waals surface area contributed by atoms with Gasteiger partial charge in [0.05, 0.1) is 17.7 Å². The molecule has 0 amide bonds. The zero-order valence-electron chi connectivity index (χ0n) is 11.5. The normalized spacial score (nSPS) is 12.0. The predicted molar refractivity (Wildman–Crippen MR) is 79.2 cm³/mol. The summed E-state index contributed by atoms with van der Waals surface area (Å²) in [6.07, 6.45) is 1.67. The number of rotatable bonds is 5. The summed E-state index contributed by atoms with van der Waals surface area (Å²) in [7, 11) is 1.58. The van der Waals surface area contributed by atoms with Crippen molar-refractivity contribution in [3.63, 3.8) is 0 Å². The van der Waals surface area contributed by atoms with Gasteiger partial charge in [0.1, 0.15) is 12.4 Å². The van der Waals surface area contributed by atoms with E-state index in [1.165, 1.54) is 0 Å². The van der Waals surface area contributed by atoms with Gasteiger partial charge in [0.25, 0.3) is 0 Å². The van der Waals surface area contributed by atoms with E-state index in [2.05, 4.69) is 4.98 Å². The number of benzene rings is 1. The van der Waals surface area contributed by atoms with Crippen LogP contribution in [0.25, 0.3) is 0 Å². The molecule has 0 saturated heterocycles. The Morgan fingerprint density at radius 2 is 2.15 bits per heavy atom. The molecule has 4 nitrogen and oxygen atoms in total. The first kappa shape index (κ1) is 14.6. The zero-order chi connectivity index (χ0) is 14.5. The molecular weight excluding hydrogens is 276 g/mol. The predicted octanol–water partition coefficient (Wildman–Crippen LogP) is 3.34. The van der Waals surface area contributed by atoms with Crippen LogP contribution in [0.15, 0.2) is 36.5 Å². The number of hydrogen-bond acceptors (Lipinski definition) is 4. The second kappa shape index (κ2) is 6.59. The maximum absolute atomic E-state index is 6.19. The minimum atomic E-state index is -0.0556. The molecule has 2 N–H and O–H groups in total. The van der Waals surface area contributed by atoms with Crippen molar-refractivity contribution in [2.45, 2.75) is 19.6 Å². The lowest BCUT2D eigenvalue weighted by molar-refractivity contribution is 0.294. The number of nitrogens with zero attached hydrogens (tertiary/aromatic N) is 1. The molecule has 0 fully saturated rings. The molecule has 0 aliphatic heterocycles. The highest BCUT2D eigenvalue weighted by Gasteiger charge is 2.08. The lowest BCUT2D eigenvalue weighted by Gasteiger charge is -2.12. The molecule has 20 heavy (non-hydrogen) atoms. The van der Waals surface area contributed by atoms with Gasteiger partial charge >= 0.3 is 0 Å². The SMILES string of the molecule is COc1ncccc1COc1ccc([C@@H](C)N)cc1Cl. The van der Waals surface area contributed by atoms with Gasteiger partial charge in [0.2, 0.25) is 5.88 Å². The first-order valence-electron chi connectivity index (χ1n) is 6.27. The molecule has 0 aliphatic carbocycles. The summed E-state index contributed by atoms with van der Waals surface area (Å²) in [6.45, 7) is 2.25. The molecule has 0 saturated carbocycles. The molecule has 5 heteroatoms. The number of methoxy groups -OCH3 is 1. The molecule has 0 bridgehead atoms. The number of halogens is 1. The van der Waals surface area contributed by atoms with Crippen LogP contribution in [0.5, 0.6) is 11.6 Å². The van der Waals surface area contributed by atoms with E-state index in [0.717, 1.165) is 11.1 Å². The van der Waals surface area contributed by atoms with Gasteiger partial charge in [-0.25, -0.2) is 4.98 Å². The smallest absolute Gasteiger partial charge is 0.219 e. The third-order valence-corrected chi connectivity index (χ3v) is 3.20. The summed E-state index contributed by atoms with van der Waals surface area (Å²) in [5.74, 6) is 1.16. The van der Waals surface area contributed by atoms with Crippen molar-refractivity contribution in [3.05, 3.63) is 52.7 Å². The molecule has 0 aliphatic rings. The number of ether oxygens (including phenoxy) is 2. The lowest BCUT2D eigenvalue weighted by atomic mass is 10.1. The summed E-state index contributed by atoms with van der Waals surface area (Å²) in [4.78, 5) is 4.12. The average Bonchev–Trinajstić information content (AvgIpc) is 2.46. The fourth-order valence-corrected chi connectivity index (χ4v) is 2.03. The monoisotopic (exact) mass is 292 g/mol. The highest BCUT2D eigenvalue weighted by molar-refractivity contribution is 6.32. The molecule has 0 unspecified atom stereocenters. The molecule has 2 rings (SSSR count). The highest BCUT2D eigenvalue weighted by Crippen LogP contribution is 2.28. The van der Waals surface area contributed by atoms with Crippen molar-refractivity contribution in [3.8, 4) is 11.6 Å². The van der Waals surface area contributed by atoms with Gasteiger partial charge in [-0.05, 0) is 36.8 Å². The van der Waals surface area contributed by atoms with E-state index in [1.54, 1.807) is 13.3 Å². The quantitative estimate of drug-likeness (QED) is 0.918. The maximum Gasteiger partial charge on any atom is 0.219 e. The fraction of sp³-hybridized carbons (Fsp3) is 0.267. The second-order valence-corrected chi connectivity index (χ2v) is 4.85. The van der Waals surface area contributed by atoms with Crippen LogP contribution < -0.4 is 15.2 Å². The topological polar surface area (TPSA) is 57.4 Å². The summed E-state index contributed by atoms with van der Waals surface area (Å²) in [6, 6.07) is 9.23. The molecular formula is C15H17ClN2O2. The van der Waals surface area contributed by atoms with Crippen molar-refractivity contribution >= 4 is 11.6 Å². The molecule has 0 radical (unpaired) electrons. The Labute approximate surface area is 123 Å². The minimum absolute atomic E-state index is 0.0556. The Bertz CT molecular complexity index is 588. The summed E-state index contributed by atoms with van der Waals surface area (Å²) >= 11 is 6.19. The van der Waals surface area contributed by atoms with Crippen LogP contribution >= 0.6 is 11.6 Å². The Kier molecular flexibility index (Phi) is 4.82. The van der Waals surface area contributed by atoms with Gasteiger partial charge in [-0.3, -0.25) is 0 Å². The van der Waals surface area contributed by atoms with Crippen LogP contribution in [0, 0.1) is 0 Å². The van der Waals surface area contributed by atoms with Crippen LogP contribution in [-0.2, 0) is 6.61 Å². The fourth-order valence-electron chi connectivity index (χ4n) is 1.79. The molecule has 1 aromatic heterocycles. The average molecular weight is 293 g/mol. The summed E-state index contributed by atoms with van der Waals surface area (Å²) in [5.41, 5.74) is 7.65. The van der Waals surface area contributed by atoms with Gasteiger partial charge < -0.3 is 15.2 Å². The van der Waals surface area contributed by atoms with Crippen LogP contribution in [0.3, 0.4) is 0 Å². The lowest BCUT2D eigenvalue weighted by Crippen LogP contribution is -2.05. The highest BCUT2D eigenvalue weighted by atomic mass is 35.5. The first-order valence-corrected chi connectivity index (χ1v) is 6.65. The van der Waals surface area contributed by atoms with Crippen LogP contribution in [0.2, 0.25) is 5.02 Å². The van der Waals surface area contributed by atoms with E-state index in [-0.39, 0.29) is 6.04 Å². The van der Waals surface area contributed by atoms with Crippen molar-refractivity contribution in [2.75, 3.05) is 7.11 Å². The van der Waals surface area contributed by atoms with E-state index >= 15 is 0 Å². The van der Waals surface area contributed by atoms with Crippen molar-refractivity contribution < 1.29 is 9.47 Å². The van der Waals surface area contributed by atoms with Crippen molar-refractivity contribution in [1.29, 1.82) is 0 Å². The molecule has 2 aromatic rings. The molecule has 1 aromatic carbocycles. The van der Waals surface area contributed by atoms with Crippen LogP contribution in [0.1, 0.15) is 24.1 Å². The molecule has 106 valence electrons. The summed E-state index contributed by atoms with van der Waals surface area (Å²) < 4.78 is 10.9. The molecule has 0 spiro atoms. The van der Waals surface area contributed by atoms with Crippen molar-refractivity contribution in [1.82, 2.24) is 4.98 Å². The standard InChI is InChI=1S/C15H17ClN2O2/c1-10(17)11-5-6-14(13(16)8-11)20-9-12-4-3-7-18-15(12)19-2/h3-8,10H,9,17H2,1-2H3/t10-/m1/s1. The first-order chi connectivity index (χ1) is 9.61. The van der Waals surface area contributed by atoms with E-state index in [4.69, 9.17) is 26.8 Å². The molecule has 1 heterocycles. The van der Waals surface area contributed by atoms with Gasteiger partial charge in [0, 0.05) is 12.2 Å². The Morgan fingerprint density at radius 1 is 1.35 bits per heavy atom. The number of aromatic nitrogens is 1. The van der Waals surface area contributed by atoms with E-state index in [1.807, 2.05) is 37.3 Å². The number of hydrogen-bond donors (Lipinski definition) is 1. The third kappa shape index (κ3) is 3.40. The van der Waals surface area contributed by atoms with E-state index < -0.39 is 0 Å². The Hall–Kier alpha value is -1.78. The maximum atomic E-state index is 6.19. The minimum Gasteiger partial charge on any atom is -0.487 e. The zero-order valence-corrected chi connectivity index (χ0v) is 12.2. The third-order valence-electron chi connectivity index (χ3n) is 2.91. The Balaban J connectivity index is 2.11. The summed E-state index contributed by atoms with van der Waals surface area (Å²) in [5, 5.41) is 0.544. The van der Waals surface area contributed by atoms with Gasteiger partial charge in [-0.2, -0.15) is 0 Å². The largest absolute Gasteiger partial charge is 0.487 e. The van der Waals surface area contributed by atoms with Crippen molar-refractivity contribution in [2.24, 2.45) is 5.73 Å². The second-order valence-electron chi connectivity index (χ2n) is 4.44. The number of pyridine rings is 1. The van der Waals surface area contributed by atoms with Gasteiger partial charge in [0.15, 0.2) is 0 Å². The Morgan fingerprint density at radius 3 is 2.80 bits per heavy atom. The van der Waals surface area contributed by atoms with Gasteiger partial charge in [-0.15, -0.1) is 0 Å². The van der Waals surface area contributed by atoms with E-state index in [0.29, 0.717) is 23.3 Å². The van der Waals surface area contributed by atoms with Crippen LogP contribution in [0.4, 0.5) is 0 Å². The van der Waals surface area contributed by atoms with Crippen LogP contribution in [-0.4, -0.2) is 12.1 Å². The van der Waals surface area contributed by atoms with E-state index in [9.17, 15) is 0 Å². The number of nitrogens with two attached hydrogens (primary N) is 1.